The Morgan fingerprint density at radius 2 is 2.12 bits per heavy atom. The van der Waals surface area contributed by atoms with Crippen molar-refractivity contribution in [2.75, 3.05) is 5.32 Å². The van der Waals surface area contributed by atoms with E-state index in [9.17, 15) is 4.79 Å². The molecule has 0 aliphatic rings. The van der Waals surface area contributed by atoms with Gasteiger partial charge in [0.05, 0.1) is 17.1 Å². The number of aromatic carboxylic acids is 1. The molecule has 0 radical (unpaired) electrons. The number of benzene rings is 1. The number of nitrogens with zero attached hydrogens (tertiary/aromatic N) is 1. The second-order valence-electron chi connectivity index (χ2n) is 3.29. The number of halogens is 1. The highest BCUT2D eigenvalue weighted by molar-refractivity contribution is 6.16. The predicted molar refractivity (Wildman–Crippen MR) is 62.7 cm³/mol. The van der Waals surface area contributed by atoms with Crippen molar-refractivity contribution in [1.82, 2.24) is 4.98 Å². The summed E-state index contributed by atoms with van der Waals surface area (Å²) in [5.41, 5.74) is 1.55. The summed E-state index contributed by atoms with van der Waals surface area (Å²) < 4.78 is 5.11. The smallest absolute Gasteiger partial charge is 0.335 e. The van der Waals surface area contributed by atoms with E-state index >= 15 is 0 Å². The van der Waals surface area contributed by atoms with Crippen LogP contribution in [0.1, 0.15) is 16.1 Å². The van der Waals surface area contributed by atoms with E-state index in [0.717, 1.165) is 0 Å². The minimum absolute atomic E-state index is 0.226. The van der Waals surface area contributed by atoms with E-state index in [2.05, 4.69) is 10.3 Å². The number of hydrogen-bond donors (Lipinski definition) is 2. The average molecular weight is 253 g/mol. The van der Waals surface area contributed by atoms with Crippen molar-refractivity contribution in [3.63, 3.8) is 0 Å². The van der Waals surface area contributed by atoms with Crippen molar-refractivity contribution in [3.8, 4) is 0 Å². The molecule has 2 N–H and O–H groups in total. The van der Waals surface area contributed by atoms with Crippen LogP contribution in [0.4, 0.5) is 11.7 Å². The lowest BCUT2D eigenvalue weighted by Gasteiger charge is -2.01. The summed E-state index contributed by atoms with van der Waals surface area (Å²) in [4.78, 5) is 14.7. The Morgan fingerprint density at radius 3 is 2.65 bits per heavy atom. The first-order valence-corrected chi connectivity index (χ1v) is 5.33. The molecule has 0 fully saturated rings. The number of rotatable bonds is 4. The molecule has 6 heteroatoms. The van der Waals surface area contributed by atoms with E-state index in [0.29, 0.717) is 17.4 Å². The maximum atomic E-state index is 10.6. The molecular weight excluding hydrogens is 244 g/mol. The van der Waals surface area contributed by atoms with Crippen molar-refractivity contribution in [2.24, 2.45) is 0 Å². The molecule has 0 bridgehead atoms. The Bertz CT molecular complexity index is 522. The Hall–Kier alpha value is -2.01. The Labute approximate surface area is 102 Å². The van der Waals surface area contributed by atoms with Crippen LogP contribution < -0.4 is 5.32 Å². The first-order valence-electron chi connectivity index (χ1n) is 4.80. The predicted octanol–water partition coefficient (Wildman–Crippen LogP) is 2.86. The van der Waals surface area contributed by atoms with Gasteiger partial charge in [0.1, 0.15) is 6.26 Å². The largest absolute Gasteiger partial charge is 0.478 e. The molecule has 0 saturated carbocycles. The summed E-state index contributed by atoms with van der Waals surface area (Å²) in [6.07, 6.45) is 1.46. The van der Waals surface area contributed by atoms with Crippen LogP contribution in [0.25, 0.3) is 0 Å². The maximum absolute atomic E-state index is 10.6. The summed E-state index contributed by atoms with van der Waals surface area (Å²) in [7, 11) is 0. The molecule has 0 aliphatic carbocycles. The summed E-state index contributed by atoms with van der Waals surface area (Å²) >= 11 is 5.58. The normalized spacial score (nSPS) is 10.2. The number of carbonyl (C=O) groups is 1. The van der Waals surface area contributed by atoms with Gasteiger partial charge in [0.25, 0.3) is 6.01 Å². The van der Waals surface area contributed by atoms with E-state index in [1.165, 1.54) is 18.4 Å². The second kappa shape index (κ2) is 4.88. The van der Waals surface area contributed by atoms with Gasteiger partial charge in [0.2, 0.25) is 0 Å². The van der Waals surface area contributed by atoms with Crippen molar-refractivity contribution in [1.29, 1.82) is 0 Å². The van der Waals surface area contributed by atoms with Gasteiger partial charge in [0, 0.05) is 5.69 Å². The number of hydrogen-bond acceptors (Lipinski definition) is 4. The number of oxazole rings is 1. The van der Waals surface area contributed by atoms with Gasteiger partial charge in [0.15, 0.2) is 0 Å². The molecule has 2 rings (SSSR count). The number of alkyl halides is 1. The molecule has 0 atom stereocenters. The Morgan fingerprint density at radius 1 is 1.41 bits per heavy atom. The number of nitrogens with one attached hydrogen (secondary N) is 1. The summed E-state index contributed by atoms with van der Waals surface area (Å²) in [5, 5.41) is 11.6. The minimum Gasteiger partial charge on any atom is -0.478 e. The van der Waals surface area contributed by atoms with Crippen LogP contribution in [-0.4, -0.2) is 16.1 Å². The molecule has 17 heavy (non-hydrogen) atoms. The topological polar surface area (TPSA) is 75.4 Å². The highest BCUT2D eigenvalue weighted by Crippen LogP contribution is 2.17. The van der Waals surface area contributed by atoms with Gasteiger partial charge in [-0.2, -0.15) is 4.98 Å². The van der Waals surface area contributed by atoms with Gasteiger partial charge < -0.3 is 14.8 Å². The van der Waals surface area contributed by atoms with Crippen LogP contribution in [0.3, 0.4) is 0 Å². The highest BCUT2D eigenvalue weighted by atomic mass is 35.5. The van der Waals surface area contributed by atoms with E-state index < -0.39 is 5.97 Å². The molecule has 0 saturated heterocycles. The number of carboxylic acid groups (broad SMARTS) is 1. The van der Waals surface area contributed by atoms with Gasteiger partial charge in [-0.05, 0) is 24.3 Å². The maximum Gasteiger partial charge on any atom is 0.335 e. The standard InChI is InChI=1S/C11H9ClN2O3/c12-5-9-6-17-11(14-9)13-8-3-1-7(2-4-8)10(15)16/h1-4,6H,5H2,(H,13,14)(H,15,16). The summed E-state index contributed by atoms with van der Waals surface area (Å²) in [5.74, 6) is -0.680. The first-order chi connectivity index (χ1) is 8.19. The van der Waals surface area contributed by atoms with E-state index in [1.807, 2.05) is 0 Å². The average Bonchev–Trinajstić information content (AvgIpc) is 2.77. The molecule has 0 aliphatic heterocycles. The zero-order chi connectivity index (χ0) is 12.3. The lowest BCUT2D eigenvalue weighted by molar-refractivity contribution is 0.0697. The van der Waals surface area contributed by atoms with Crippen LogP contribution in [0.5, 0.6) is 0 Å². The highest BCUT2D eigenvalue weighted by Gasteiger charge is 2.05. The van der Waals surface area contributed by atoms with Crippen molar-refractivity contribution < 1.29 is 14.3 Å². The molecule has 1 heterocycles. The van der Waals surface area contributed by atoms with Gasteiger partial charge in [-0.15, -0.1) is 11.6 Å². The first kappa shape index (κ1) is 11.5. The lowest BCUT2D eigenvalue weighted by atomic mass is 10.2. The van der Waals surface area contributed by atoms with E-state index in [-0.39, 0.29) is 11.4 Å². The molecular formula is C11H9ClN2O3. The summed E-state index contributed by atoms with van der Waals surface area (Å²) in [6, 6.07) is 6.58. The second-order valence-corrected chi connectivity index (χ2v) is 3.55. The zero-order valence-corrected chi connectivity index (χ0v) is 9.44. The zero-order valence-electron chi connectivity index (χ0n) is 8.68. The molecule has 2 aromatic rings. The number of aromatic nitrogens is 1. The van der Waals surface area contributed by atoms with Gasteiger partial charge in [-0.3, -0.25) is 0 Å². The molecule has 5 nitrogen and oxygen atoms in total. The lowest BCUT2D eigenvalue weighted by Crippen LogP contribution is -1.96. The molecule has 1 aromatic heterocycles. The van der Waals surface area contributed by atoms with Crippen molar-refractivity contribution in [2.45, 2.75) is 5.88 Å². The van der Waals surface area contributed by atoms with Crippen LogP contribution in [0.15, 0.2) is 34.9 Å². The van der Waals surface area contributed by atoms with Gasteiger partial charge in [-0.1, -0.05) is 0 Å². The third-order valence-electron chi connectivity index (χ3n) is 2.07. The fourth-order valence-electron chi connectivity index (χ4n) is 1.25. The SMILES string of the molecule is O=C(O)c1ccc(Nc2nc(CCl)co2)cc1. The van der Waals surface area contributed by atoms with Crippen LogP contribution in [0, 0.1) is 0 Å². The Balaban J connectivity index is 2.10. The van der Waals surface area contributed by atoms with Crippen molar-refractivity contribution >= 4 is 29.3 Å². The quantitative estimate of drug-likeness (QED) is 0.819. The number of anilines is 2. The third-order valence-corrected chi connectivity index (χ3v) is 2.35. The number of carboxylic acids is 1. The van der Waals surface area contributed by atoms with Gasteiger partial charge in [-0.25, -0.2) is 4.79 Å². The van der Waals surface area contributed by atoms with E-state index in [4.69, 9.17) is 21.1 Å². The molecule has 0 amide bonds. The van der Waals surface area contributed by atoms with Crippen LogP contribution >= 0.6 is 11.6 Å². The Kier molecular flexibility index (Phi) is 3.30. The fourth-order valence-corrected chi connectivity index (χ4v) is 1.37. The van der Waals surface area contributed by atoms with Gasteiger partial charge >= 0.3 is 5.97 Å². The van der Waals surface area contributed by atoms with E-state index in [1.54, 1.807) is 12.1 Å². The molecule has 0 spiro atoms. The third kappa shape index (κ3) is 2.76. The van der Waals surface area contributed by atoms with Crippen molar-refractivity contribution in [3.05, 3.63) is 41.8 Å². The summed E-state index contributed by atoms with van der Waals surface area (Å²) in [6.45, 7) is 0. The van der Waals surface area contributed by atoms with Crippen LogP contribution in [-0.2, 0) is 5.88 Å². The monoisotopic (exact) mass is 252 g/mol. The minimum atomic E-state index is -0.961. The molecule has 0 unspecified atom stereocenters. The molecule has 1 aromatic carbocycles. The fraction of sp³-hybridized carbons (Fsp3) is 0.0909. The van der Waals surface area contributed by atoms with Crippen LogP contribution in [0.2, 0.25) is 0 Å². The molecule has 88 valence electrons.